The van der Waals surface area contributed by atoms with E-state index in [1.807, 2.05) is 6.92 Å². The zero-order valence-corrected chi connectivity index (χ0v) is 18.6. The Balaban J connectivity index is 1.98. The van der Waals surface area contributed by atoms with Crippen LogP contribution in [-0.2, 0) is 23.2 Å². The zero-order valence-electron chi connectivity index (χ0n) is 16.3. The molecule has 0 aliphatic carbocycles. The van der Waals surface area contributed by atoms with Crippen LogP contribution in [-0.4, -0.2) is 34.3 Å². The number of aryl methyl sites for hydroxylation is 1. The van der Waals surface area contributed by atoms with Gasteiger partial charge in [0.2, 0.25) is 0 Å². The van der Waals surface area contributed by atoms with Crippen molar-refractivity contribution in [3.63, 3.8) is 0 Å². The van der Waals surface area contributed by atoms with E-state index in [0.717, 1.165) is 0 Å². The van der Waals surface area contributed by atoms with E-state index in [9.17, 15) is 13.5 Å². The summed E-state index contributed by atoms with van der Waals surface area (Å²) in [6, 6.07) is 10.4. The molecule has 0 bridgehead atoms. The van der Waals surface area contributed by atoms with E-state index in [-0.39, 0.29) is 11.5 Å². The molecular formula is C20H22Cl2N4O3S. The van der Waals surface area contributed by atoms with Gasteiger partial charge in [0.25, 0.3) is 10.0 Å². The predicted octanol–water partition coefficient (Wildman–Crippen LogP) is 4.14. The van der Waals surface area contributed by atoms with E-state index < -0.39 is 16.1 Å². The standard InChI is InChI=1S/C20H22Cl2N4O3S/c1-15(3-2-10-25-14-23-13-24-25)26(20-11-18(22)5-4-16(20)12-27)30(28,29)19-8-6-17(21)7-9-19/h4-9,11,13-15,27H,2-3,10,12H2,1H3/t15-/m1/s1. The van der Waals surface area contributed by atoms with Gasteiger partial charge >= 0.3 is 0 Å². The van der Waals surface area contributed by atoms with Crippen LogP contribution in [0.4, 0.5) is 5.69 Å². The van der Waals surface area contributed by atoms with Crippen LogP contribution in [0.2, 0.25) is 10.0 Å². The van der Waals surface area contributed by atoms with Crippen molar-refractivity contribution in [1.82, 2.24) is 14.8 Å². The molecular weight excluding hydrogens is 447 g/mol. The van der Waals surface area contributed by atoms with Crippen molar-refractivity contribution in [2.24, 2.45) is 0 Å². The number of aromatic nitrogens is 3. The van der Waals surface area contributed by atoms with Gasteiger partial charge in [-0.05, 0) is 56.2 Å². The highest BCUT2D eigenvalue weighted by Gasteiger charge is 2.31. The Morgan fingerprint density at radius 1 is 1.13 bits per heavy atom. The number of hydrogen-bond acceptors (Lipinski definition) is 5. The number of sulfonamides is 1. The number of hydrogen-bond donors (Lipinski definition) is 1. The molecule has 0 radical (unpaired) electrons. The fourth-order valence-corrected chi connectivity index (χ4v) is 5.22. The number of aliphatic hydroxyl groups excluding tert-OH is 1. The van der Waals surface area contributed by atoms with Gasteiger partial charge in [0.15, 0.2) is 0 Å². The number of aliphatic hydroxyl groups is 1. The minimum absolute atomic E-state index is 0.110. The molecule has 0 saturated heterocycles. The summed E-state index contributed by atoms with van der Waals surface area (Å²) in [7, 11) is -3.93. The molecule has 0 saturated carbocycles. The third kappa shape index (κ3) is 5.13. The lowest BCUT2D eigenvalue weighted by Gasteiger charge is -2.32. The number of rotatable bonds is 9. The Hall–Kier alpha value is -2.13. The maximum absolute atomic E-state index is 13.6. The van der Waals surface area contributed by atoms with Crippen LogP contribution in [0.1, 0.15) is 25.3 Å². The number of anilines is 1. The minimum atomic E-state index is -3.93. The quantitative estimate of drug-likeness (QED) is 0.509. The molecule has 1 N–H and O–H groups in total. The first-order valence-corrected chi connectivity index (χ1v) is 11.5. The van der Waals surface area contributed by atoms with Crippen LogP contribution in [0.15, 0.2) is 60.0 Å². The molecule has 0 amide bonds. The van der Waals surface area contributed by atoms with Gasteiger partial charge in [-0.1, -0.05) is 29.3 Å². The molecule has 1 aromatic heterocycles. The van der Waals surface area contributed by atoms with Crippen molar-refractivity contribution in [2.45, 2.75) is 43.9 Å². The molecule has 7 nitrogen and oxygen atoms in total. The fraction of sp³-hybridized carbons (Fsp3) is 0.300. The highest BCUT2D eigenvalue weighted by Crippen LogP contribution is 2.33. The number of nitrogens with zero attached hydrogens (tertiary/aromatic N) is 4. The van der Waals surface area contributed by atoms with Gasteiger partial charge in [-0.2, -0.15) is 5.10 Å². The summed E-state index contributed by atoms with van der Waals surface area (Å²) >= 11 is 12.1. The molecule has 3 aromatic rings. The van der Waals surface area contributed by atoms with Crippen molar-refractivity contribution >= 4 is 38.9 Å². The molecule has 0 aliphatic rings. The van der Waals surface area contributed by atoms with Gasteiger partial charge in [-0.15, -0.1) is 0 Å². The first-order chi connectivity index (χ1) is 14.3. The van der Waals surface area contributed by atoms with Crippen LogP contribution >= 0.6 is 23.2 Å². The molecule has 1 atom stereocenters. The largest absolute Gasteiger partial charge is 0.392 e. The van der Waals surface area contributed by atoms with E-state index in [1.165, 1.54) is 34.9 Å². The summed E-state index contributed by atoms with van der Waals surface area (Å²) in [5.74, 6) is 0. The van der Waals surface area contributed by atoms with Crippen LogP contribution in [0.5, 0.6) is 0 Å². The van der Waals surface area contributed by atoms with E-state index in [2.05, 4.69) is 10.1 Å². The lowest BCUT2D eigenvalue weighted by Crippen LogP contribution is -2.39. The first kappa shape index (κ1) is 22.6. The predicted molar refractivity (Wildman–Crippen MR) is 117 cm³/mol. The average Bonchev–Trinajstić information content (AvgIpc) is 3.22. The molecule has 10 heteroatoms. The molecule has 0 aliphatic heterocycles. The van der Waals surface area contributed by atoms with Gasteiger partial charge in [-0.25, -0.2) is 13.4 Å². The van der Waals surface area contributed by atoms with Crippen molar-refractivity contribution < 1.29 is 13.5 Å². The number of benzene rings is 2. The molecule has 0 unspecified atom stereocenters. The van der Waals surface area contributed by atoms with Gasteiger partial charge in [-0.3, -0.25) is 8.99 Å². The summed E-state index contributed by atoms with van der Waals surface area (Å²) in [6.45, 7) is 2.13. The summed E-state index contributed by atoms with van der Waals surface area (Å²) < 4.78 is 30.2. The molecule has 3 rings (SSSR count). The van der Waals surface area contributed by atoms with E-state index in [4.69, 9.17) is 23.2 Å². The minimum Gasteiger partial charge on any atom is -0.392 e. The smallest absolute Gasteiger partial charge is 0.264 e. The van der Waals surface area contributed by atoms with Crippen LogP contribution in [0.25, 0.3) is 0 Å². The average molecular weight is 469 g/mol. The van der Waals surface area contributed by atoms with Crippen LogP contribution in [0, 0.1) is 0 Å². The molecule has 2 aromatic carbocycles. The van der Waals surface area contributed by atoms with Crippen LogP contribution < -0.4 is 4.31 Å². The maximum Gasteiger partial charge on any atom is 0.264 e. The van der Waals surface area contributed by atoms with Crippen molar-refractivity contribution in [1.29, 1.82) is 0 Å². The van der Waals surface area contributed by atoms with Crippen LogP contribution in [0.3, 0.4) is 0 Å². The third-order valence-corrected chi connectivity index (χ3v) is 7.13. The van der Waals surface area contributed by atoms with Crippen molar-refractivity contribution in [2.75, 3.05) is 4.31 Å². The second kappa shape index (κ2) is 9.78. The van der Waals surface area contributed by atoms with Crippen molar-refractivity contribution in [3.8, 4) is 0 Å². The summed E-state index contributed by atoms with van der Waals surface area (Å²) in [5.41, 5.74) is 0.827. The van der Waals surface area contributed by atoms with Gasteiger partial charge in [0, 0.05) is 28.2 Å². The molecule has 1 heterocycles. The second-order valence-corrected chi connectivity index (χ2v) is 9.52. The zero-order chi connectivity index (χ0) is 21.7. The maximum atomic E-state index is 13.6. The van der Waals surface area contributed by atoms with Gasteiger partial charge < -0.3 is 5.11 Å². The normalized spacial score (nSPS) is 12.7. The lowest BCUT2D eigenvalue weighted by molar-refractivity contribution is 0.282. The number of halogens is 2. The Bertz CT molecular complexity index is 1070. The van der Waals surface area contributed by atoms with Gasteiger partial charge in [0.1, 0.15) is 12.7 Å². The van der Waals surface area contributed by atoms with Gasteiger partial charge in [0.05, 0.1) is 17.2 Å². The Morgan fingerprint density at radius 3 is 2.47 bits per heavy atom. The fourth-order valence-electron chi connectivity index (χ4n) is 3.21. The molecule has 0 spiro atoms. The molecule has 0 fully saturated rings. The second-order valence-electron chi connectivity index (χ2n) is 6.84. The Kier molecular flexibility index (Phi) is 7.36. The summed E-state index contributed by atoms with van der Waals surface area (Å²) in [4.78, 5) is 4.02. The molecule has 160 valence electrons. The highest BCUT2D eigenvalue weighted by molar-refractivity contribution is 7.92. The topological polar surface area (TPSA) is 88.3 Å². The van der Waals surface area contributed by atoms with E-state index in [0.29, 0.717) is 40.7 Å². The monoisotopic (exact) mass is 468 g/mol. The molecule has 30 heavy (non-hydrogen) atoms. The summed E-state index contributed by atoms with van der Waals surface area (Å²) in [5, 5.41) is 14.7. The Labute approximate surface area is 185 Å². The lowest BCUT2D eigenvalue weighted by atomic mass is 10.1. The first-order valence-electron chi connectivity index (χ1n) is 9.34. The summed E-state index contributed by atoms with van der Waals surface area (Å²) in [6.07, 6.45) is 4.32. The van der Waals surface area contributed by atoms with Crippen molar-refractivity contribution in [3.05, 3.63) is 70.7 Å². The SMILES string of the molecule is C[C@H](CCCn1cncn1)N(c1cc(Cl)ccc1CO)S(=O)(=O)c1ccc(Cl)cc1. The van der Waals surface area contributed by atoms with E-state index >= 15 is 0 Å². The third-order valence-electron chi connectivity index (χ3n) is 4.70. The highest BCUT2D eigenvalue weighted by atomic mass is 35.5. The van der Waals surface area contributed by atoms with E-state index in [1.54, 1.807) is 29.2 Å². The Morgan fingerprint density at radius 2 is 1.83 bits per heavy atom.